The molecule has 0 N–H and O–H groups in total. The molecule has 1 aliphatic carbocycles. The van der Waals surface area contributed by atoms with E-state index in [9.17, 15) is 0 Å². The van der Waals surface area contributed by atoms with Crippen LogP contribution in [0.3, 0.4) is 0 Å². The third kappa shape index (κ3) is 3.62. The lowest BCUT2D eigenvalue weighted by molar-refractivity contribution is 0.443. The van der Waals surface area contributed by atoms with E-state index in [0.29, 0.717) is 0 Å². The van der Waals surface area contributed by atoms with E-state index in [1.54, 1.807) is 0 Å². The Bertz CT molecular complexity index is 585. The molecular formula is C19H20ClI. The number of hydrogen-bond acceptors (Lipinski definition) is 0. The Balaban J connectivity index is 1.79. The third-order valence-corrected chi connectivity index (χ3v) is 5.95. The van der Waals surface area contributed by atoms with Crippen molar-refractivity contribution in [2.24, 2.45) is 0 Å². The average Bonchev–Trinajstić information content (AvgIpc) is 2.56. The molecular weight excluding hydrogens is 391 g/mol. The van der Waals surface area contributed by atoms with Crippen molar-refractivity contribution in [1.82, 2.24) is 0 Å². The van der Waals surface area contributed by atoms with Crippen molar-refractivity contribution < 1.29 is 0 Å². The van der Waals surface area contributed by atoms with Crippen LogP contribution in [0.15, 0.2) is 48.5 Å². The highest BCUT2D eigenvalue weighted by molar-refractivity contribution is 14.1. The normalized spacial score (nSPS) is 17.6. The molecule has 110 valence electrons. The minimum absolute atomic E-state index is 0.0569. The van der Waals surface area contributed by atoms with Crippen LogP contribution in [0.25, 0.3) is 0 Å². The first-order valence-corrected chi connectivity index (χ1v) is 9.25. The second-order valence-electron chi connectivity index (χ2n) is 5.89. The monoisotopic (exact) mass is 410 g/mol. The fraction of sp³-hybridized carbons (Fsp3) is 0.368. The van der Waals surface area contributed by atoms with Gasteiger partial charge in [-0.05, 0) is 64.1 Å². The zero-order valence-corrected chi connectivity index (χ0v) is 15.0. The molecule has 0 saturated heterocycles. The molecule has 0 aliphatic heterocycles. The number of rotatable bonds is 3. The second-order valence-corrected chi connectivity index (χ2v) is 7.48. The average molecular weight is 411 g/mol. The maximum absolute atomic E-state index is 6.67. The summed E-state index contributed by atoms with van der Waals surface area (Å²) < 4.78 is 1.23. The fourth-order valence-corrected chi connectivity index (χ4v) is 4.45. The Morgan fingerprint density at radius 2 is 1.57 bits per heavy atom. The van der Waals surface area contributed by atoms with Crippen LogP contribution in [-0.4, -0.2) is 0 Å². The molecule has 0 radical (unpaired) electrons. The maximum Gasteiger partial charge on any atom is 0.0845 e. The largest absolute Gasteiger partial charge is 0.113 e. The van der Waals surface area contributed by atoms with Crippen LogP contribution in [0, 0.1) is 3.57 Å². The van der Waals surface area contributed by atoms with Crippen molar-refractivity contribution in [1.29, 1.82) is 0 Å². The molecule has 1 fully saturated rings. The molecule has 0 nitrogen and oxygen atoms in total. The molecule has 2 aromatic rings. The van der Waals surface area contributed by atoms with Gasteiger partial charge in [0.1, 0.15) is 0 Å². The van der Waals surface area contributed by atoms with E-state index >= 15 is 0 Å². The summed E-state index contributed by atoms with van der Waals surface area (Å²) in [4.78, 5) is 0. The van der Waals surface area contributed by atoms with Gasteiger partial charge >= 0.3 is 0 Å². The number of hydrogen-bond donors (Lipinski definition) is 0. The minimum Gasteiger partial charge on any atom is -0.113 e. The van der Waals surface area contributed by atoms with Gasteiger partial charge in [0, 0.05) is 3.57 Å². The van der Waals surface area contributed by atoms with Gasteiger partial charge in [0.25, 0.3) is 0 Å². The Morgan fingerprint density at radius 1 is 0.905 bits per heavy atom. The van der Waals surface area contributed by atoms with Gasteiger partial charge in [0.05, 0.1) is 5.38 Å². The Labute approximate surface area is 146 Å². The first kappa shape index (κ1) is 15.4. The van der Waals surface area contributed by atoms with Crippen molar-refractivity contribution in [2.75, 3.05) is 0 Å². The summed E-state index contributed by atoms with van der Waals surface area (Å²) in [6, 6.07) is 17.4. The molecule has 0 bridgehead atoms. The topological polar surface area (TPSA) is 0 Å². The maximum atomic E-state index is 6.67. The predicted molar refractivity (Wildman–Crippen MR) is 99.1 cm³/mol. The van der Waals surface area contributed by atoms with Crippen LogP contribution < -0.4 is 0 Å². The standard InChI is InChI=1S/C19H20ClI/c20-19(17-8-4-5-9-18(17)21)16-12-10-15(11-13-16)14-6-2-1-3-7-14/h4-5,8-14,19H,1-3,6-7H2. The highest BCUT2D eigenvalue weighted by Gasteiger charge is 2.17. The lowest BCUT2D eigenvalue weighted by Gasteiger charge is -2.22. The van der Waals surface area contributed by atoms with Gasteiger partial charge in [-0.3, -0.25) is 0 Å². The van der Waals surface area contributed by atoms with E-state index in [1.807, 2.05) is 0 Å². The lowest BCUT2D eigenvalue weighted by atomic mass is 9.84. The molecule has 1 unspecified atom stereocenters. The third-order valence-electron chi connectivity index (χ3n) is 4.48. The summed E-state index contributed by atoms with van der Waals surface area (Å²) in [6.07, 6.45) is 6.87. The number of benzene rings is 2. The summed E-state index contributed by atoms with van der Waals surface area (Å²) in [5.41, 5.74) is 3.88. The van der Waals surface area contributed by atoms with Gasteiger partial charge < -0.3 is 0 Å². The van der Waals surface area contributed by atoms with Crippen molar-refractivity contribution in [3.8, 4) is 0 Å². The van der Waals surface area contributed by atoms with E-state index in [2.05, 4.69) is 71.1 Å². The molecule has 0 aromatic heterocycles. The van der Waals surface area contributed by atoms with Crippen LogP contribution in [0.4, 0.5) is 0 Å². The van der Waals surface area contributed by atoms with Crippen molar-refractivity contribution in [2.45, 2.75) is 43.4 Å². The van der Waals surface area contributed by atoms with E-state index < -0.39 is 0 Å². The fourth-order valence-electron chi connectivity index (χ4n) is 3.23. The lowest BCUT2D eigenvalue weighted by Crippen LogP contribution is -2.04. The van der Waals surface area contributed by atoms with Crippen LogP contribution >= 0.6 is 34.2 Å². The van der Waals surface area contributed by atoms with Gasteiger partial charge in [-0.2, -0.15) is 0 Å². The van der Waals surface area contributed by atoms with Crippen molar-refractivity contribution in [3.63, 3.8) is 0 Å². The van der Waals surface area contributed by atoms with Crippen LogP contribution in [0.2, 0.25) is 0 Å². The highest BCUT2D eigenvalue weighted by Crippen LogP contribution is 2.35. The molecule has 1 aliphatic rings. The molecule has 0 amide bonds. The van der Waals surface area contributed by atoms with Crippen LogP contribution in [0.5, 0.6) is 0 Å². The van der Waals surface area contributed by atoms with E-state index in [4.69, 9.17) is 11.6 Å². The predicted octanol–water partition coefficient (Wildman–Crippen LogP) is 6.67. The molecule has 0 heterocycles. The quantitative estimate of drug-likeness (QED) is 0.392. The van der Waals surface area contributed by atoms with Crippen molar-refractivity contribution >= 4 is 34.2 Å². The van der Waals surface area contributed by atoms with Gasteiger partial charge in [-0.1, -0.05) is 61.7 Å². The van der Waals surface area contributed by atoms with Crippen LogP contribution in [0.1, 0.15) is 60.1 Å². The Morgan fingerprint density at radius 3 is 2.24 bits per heavy atom. The second kappa shape index (κ2) is 7.15. The zero-order chi connectivity index (χ0) is 14.7. The summed E-state index contributed by atoms with van der Waals surface area (Å²) in [5, 5.41) is -0.0569. The Hall–Kier alpha value is -0.540. The van der Waals surface area contributed by atoms with E-state index in [0.717, 1.165) is 5.92 Å². The van der Waals surface area contributed by atoms with Gasteiger partial charge in [0.15, 0.2) is 0 Å². The zero-order valence-electron chi connectivity index (χ0n) is 12.1. The first-order chi connectivity index (χ1) is 10.3. The summed E-state index contributed by atoms with van der Waals surface area (Å²) in [7, 11) is 0. The van der Waals surface area contributed by atoms with Crippen LogP contribution in [-0.2, 0) is 0 Å². The van der Waals surface area contributed by atoms with E-state index in [1.165, 1.54) is 52.4 Å². The van der Waals surface area contributed by atoms with Gasteiger partial charge in [0.2, 0.25) is 0 Å². The van der Waals surface area contributed by atoms with Gasteiger partial charge in [-0.25, -0.2) is 0 Å². The smallest absolute Gasteiger partial charge is 0.0845 e. The first-order valence-electron chi connectivity index (χ1n) is 7.74. The molecule has 21 heavy (non-hydrogen) atoms. The molecule has 1 saturated carbocycles. The summed E-state index contributed by atoms with van der Waals surface area (Å²) in [5.74, 6) is 0.762. The van der Waals surface area contributed by atoms with E-state index in [-0.39, 0.29) is 5.38 Å². The SMILES string of the molecule is ClC(c1ccc(C2CCCCC2)cc1)c1ccccc1I. The summed E-state index contributed by atoms with van der Waals surface area (Å²) in [6.45, 7) is 0. The van der Waals surface area contributed by atoms with Crippen molar-refractivity contribution in [3.05, 3.63) is 68.8 Å². The number of halogens is 2. The Kier molecular flexibility index (Phi) is 5.23. The molecule has 0 spiro atoms. The molecule has 1 atom stereocenters. The molecule has 2 heteroatoms. The highest BCUT2D eigenvalue weighted by atomic mass is 127. The number of alkyl halides is 1. The minimum atomic E-state index is -0.0569. The van der Waals surface area contributed by atoms with Gasteiger partial charge in [-0.15, -0.1) is 11.6 Å². The molecule has 2 aromatic carbocycles. The summed E-state index contributed by atoms with van der Waals surface area (Å²) >= 11 is 9.03. The molecule has 3 rings (SSSR count).